The Morgan fingerprint density at radius 1 is 0.645 bits per heavy atom. The van der Waals surface area contributed by atoms with Crippen LogP contribution >= 0.6 is 23.2 Å². The lowest BCUT2D eigenvalue weighted by atomic mass is 9.97. The Hall–Kier alpha value is -6.90. The van der Waals surface area contributed by atoms with Crippen LogP contribution in [0.4, 0.5) is 8.78 Å². The number of amides is 3. The smallest absolute Gasteiger partial charge is 0.396 e. The highest BCUT2D eigenvalue weighted by molar-refractivity contribution is 6.34. The number of aromatic nitrogens is 2. The Labute approximate surface area is 366 Å². The van der Waals surface area contributed by atoms with Crippen molar-refractivity contribution in [2.45, 2.75) is 32.9 Å². The molecule has 6 rings (SSSR count). The largest absolute Gasteiger partial charge is 0.496 e. The summed E-state index contributed by atoms with van der Waals surface area (Å²) >= 11 is 12.1. The SMILES string of the molecule is CCOC(=O)C(=O)NCc1ccc(Cc2ccc(OC)c(-c3cccc(Cl)c3)c2F)cn1.COc1ccc(Cc2ccc(CNC(=O)C(N)=O)nc2)c(F)c1-c1cccc(Cl)c1. The number of nitrogens with two attached hydrogens (primary N) is 1. The van der Waals surface area contributed by atoms with E-state index in [1.165, 1.54) is 14.2 Å². The average Bonchev–Trinajstić information content (AvgIpc) is 3.27. The number of pyridine rings is 2. The molecule has 320 valence electrons. The van der Waals surface area contributed by atoms with E-state index in [0.29, 0.717) is 79.2 Å². The lowest BCUT2D eigenvalue weighted by Crippen LogP contribution is -2.35. The zero-order valence-corrected chi connectivity index (χ0v) is 35.3. The summed E-state index contributed by atoms with van der Waals surface area (Å²) < 4.78 is 46.1. The van der Waals surface area contributed by atoms with Crippen molar-refractivity contribution < 1.29 is 42.2 Å². The van der Waals surface area contributed by atoms with Gasteiger partial charge in [-0.1, -0.05) is 71.7 Å². The highest BCUT2D eigenvalue weighted by Gasteiger charge is 2.19. The summed E-state index contributed by atoms with van der Waals surface area (Å²) in [7, 11) is 2.98. The maximum Gasteiger partial charge on any atom is 0.396 e. The molecule has 0 aliphatic heterocycles. The minimum Gasteiger partial charge on any atom is -0.496 e. The lowest BCUT2D eigenvalue weighted by molar-refractivity contribution is -0.154. The highest BCUT2D eigenvalue weighted by atomic mass is 35.5. The van der Waals surface area contributed by atoms with E-state index < -0.39 is 35.3 Å². The molecule has 0 radical (unpaired) electrons. The van der Waals surface area contributed by atoms with Crippen molar-refractivity contribution in [1.29, 1.82) is 0 Å². The van der Waals surface area contributed by atoms with Crippen molar-refractivity contribution in [2.24, 2.45) is 5.73 Å². The third-order valence-corrected chi connectivity index (χ3v) is 9.61. The summed E-state index contributed by atoms with van der Waals surface area (Å²) in [5.41, 5.74) is 10.4. The van der Waals surface area contributed by atoms with Gasteiger partial charge >= 0.3 is 23.7 Å². The number of hydrogen-bond donors (Lipinski definition) is 3. The Balaban J connectivity index is 0.000000235. The second kappa shape index (κ2) is 22.1. The summed E-state index contributed by atoms with van der Waals surface area (Å²) in [5, 5.41) is 5.81. The van der Waals surface area contributed by atoms with Gasteiger partial charge in [-0.3, -0.25) is 24.4 Å². The molecule has 0 aliphatic carbocycles. The molecule has 3 amide bonds. The number of benzene rings is 4. The first kappa shape index (κ1) is 46.2. The van der Waals surface area contributed by atoms with Crippen molar-refractivity contribution in [3.63, 3.8) is 0 Å². The first-order valence-electron chi connectivity index (χ1n) is 18.9. The Morgan fingerprint density at radius 3 is 1.47 bits per heavy atom. The molecular formula is C46H41Cl2F2N5O7. The predicted molar refractivity (Wildman–Crippen MR) is 230 cm³/mol. The van der Waals surface area contributed by atoms with Crippen molar-refractivity contribution in [2.75, 3.05) is 20.8 Å². The van der Waals surface area contributed by atoms with Crippen molar-refractivity contribution in [3.05, 3.63) is 165 Å². The van der Waals surface area contributed by atoms with Gasteiger partial charge in [0.05, 0.1) is 56.4 Å². The standard InChI is InChI=1S/C24H22ClFN2O4.C22H19ClFN3O3/c1-3-32-24(30)23(29)28-14-19-9-7-15(13-27-19)11-17-8-10-20(31-2)21(22(17)26)16-5-4-6-18(25)12-16;1-30-18-8-6-15(20(24)19(18)14-3-2-4-16(23)10-14)9-13-5-7-17(26-11-13)12-27-22(29)21(25)28/h4-10,12-13H,3,11,14H2,1-2H3,(H,28,29);2-8,10-11H,9,12H2,1H3,(H2,25,28)(H,27,29). The molecule has 0 saturated carbocycles. The fourth-order valence-electron chi connectivity index (χ4n) is 6.11. The topological polar surface area (TPSA) is 172 Å². The van der Waals surface area contributed by atoms with Crippen LogP contribution in [0.5, 0.6) is 11.5 Å². The molecule has 16 heteroatoms. The Bertz CT molecular complexity index is 2560. The molecule has 6 aromatic rings. The zero-order valence-electron chi connectivity index (χ0n) is 33.8. The summed E-state index contributed by atoms with van der Waals surface area (Å²) in [5.74, 6) is -3.66. The van der Waals surface area contributed by atoms with E-state index in [1.807, 2.05) is 0 Å². The number of nitrogens with zero attached hydrogens (tertiary/aromatic N) is 2. The monoisotopic (exact) mass is 883 g/mol. The molecule has 0 saturated heterocycles. The first-order valence-corrected chi connectivity index (χ1v) is 19.7. The normalized spacial score (nSPS) is 10.5. The van der Waals surface area contributed by atoms with Gasteiger partial charge in [-0.05, 0) is 88.8 Å². The number of carbonyl (C=O) groups excluding carboxylic acids is 4. The van der Waals surface area contributed by atoms with Gasteiger partial charge < -0.3 is 30.6 Å². The molecule has 4 N–H and O–H groups in total. The van der Waals surface area contributed by atoms with Crippen LogP contribution in [0, 0.1) is 11.6 Å². The summed E-state index contributed by atoms with van der Waals surface area (Å²) in [4.78, 5) is 53.4. The van der Waals surface area contributed by atoms with E-state index in [-0.39, 0.29) is 19.7 Å². The lowest BCUT2D eigenvalue weighted by Gasteiger charge is -2.14. The van der Waals surface area contributed by atoms with E-state index >= 15 is 8.78 Å². The van der Waals surface area contributed by atoms with Crippen LogP contribution in [0.1, 0.15) is 40.6 Å². The average molecular weight is 885 g/mol. The first-order chi connectivity index (χ1) is 29.8. The van der Waals surface area contributed by atoms with Crippen LogP contribution in [0.25, 0.3) is 22.3 Å². The highest BCUT2D eigenvalue weighted by Crippen LogP contribution is 2.37. The fourth-order valence-corrected chi connectivity index (χ4v) is 6.49. The third kappa shape index (κ3) is 12.3. The Morgan fingerprint density at radius 2 is 1.10 bits per heavy atom. The van der Waals surface area contributed by atoms with Crippen LogP contribution in [0.3, 0.4) is 0 Å². The number of carbonyl (C=O) groups is 4. The summed E-state index contributed by atoms with van der Waals surface area (Å²) in [6.07, 6.45) is 3.82. The molecule has 62 heavy (non-hydrogen) atoms. The number of rotatable bonds is 13. The van der Waals surface area contributed by atoms with Gasteiger partial charge in [0.1, 0.15) is 23.1 Å². The quantitative estimate of drug-likeness (QED) is 0.0782. The van der Waals surface area contributed by atoms with Gasteiger partial charge in [0.15, 0.2) is 0 Å². The van der Waals surface area contributed by atoms with Gasteiger partial charge in [-0.2, -0.15) is 0 Å². The van der Waals surface area contributed by atoms with Crippen molar-refractivity contribution >= 4 is 46.9 Å². The molecule has 0 bridgehead atoms. The van der Waals surface area contributed by atoms with E-state index in [4.69, 9.17) is 38.4 Å². The van der Waals surface area contributed by atoms with Crippen LogP contribution < -0.4 is 25.8 Å². The predicted octanol–water partition coefficient (Wildman–Crippen LogP) is 7.56. The van der Waals surface area contributed by atoms with Crippen molar-refractivity contribution in [3.8, 4) is 33.8 Å². The molecule has 0 spiro atoms. The minimum absolute atomic E-state index is 0.0673. The van der Waals surface area contributed by atoms with E-state index in [0.717, 1.165) is 11.1 Å². The number of ether oxygens (including phenoxy) is 3. The van der Waals surface area contributed by atoms with Gasteiger partial charge in [0.25, 0.3) is 0 Å². The zero-order chi connectivity index (χ0) is 44.8. The van der Waals surface area contributed by atoms with Crippen LogP contribution in [0.2, 0.25) is 10.0 Å². The van der Waals surface area contributed by atoms with Gasteiger partial charge in [0.2, 0.25) is 0 Å². The number of hydrogen-bond acceptors (Lipinski definition) is 9. The van der Waals surface area contributed by atoms with Gasteiger partial charge in [-0.25, -0.2) is 13.6 Å². The van der Waals surface area contributed by atoms with E-state index in [9.17, 15) is 19.2 Å². The summed E-state index contributed by atoms with van der Waals surface area (Å²) in [6.45, 7) is 1.89. The molecule has 2 aromatic heterocycles. The summed E-state index contributed by atoms with van der Waals surface area (Å²) in [6, 6.07) is 27.6. The minimum atomic E-state index is -1.06. The van der Waals surface area contributed by atoms with Gasteiger partial charge in [0, 0.05) is 35.3 Å². The second-order valence-electron chi connectivity index (χ2n) is 13.4. The third-order valence-electron chi connectivity index (χ3n) is 9.14. The maximum atomic E-state index is 15.4. The maximum absolute atomic E-state index is 15.4. The number of halogens is 4. The van der Waals surface area contributed by atoms with Crippen LogP contribution in [0.15, 0.2) is 109 Å². The van der Waals surface area contributed by atoms with Crippen LogP contribution in [-0.2, 0) is 49.8 Å². The Kier molecular flexibility index (Phi) is 16.4. The molecule has 12 nitrogen and oxygen atoms in total. The van der Waals surface area contributed by atoms with Crippen molar-refractivity contribution in [1.82, 2.24) is 20.6 Å². The number of primary amides is 1. The molecule has 0 fully saturated rings. The second-order valence-corrected chi connectivity index (χ2v) is 14.2. The number of nitrogens with one attached hydrogen (secondary N) is 2. The molecular weight excluding hydrogens is 843 g/mol. The fraction of sp³-hybridized carbons (Fsp3) is 0.174. The van der Waals surface area contributed by atoms with Gasteiger partial charge in [-0.15, -0.1) is 0 Å². The number of methoxy groups -OCH3 is 2. The van der Waals surface area contributed by atoms with E-state index in [1.54, 1.807) is 116 Å². The number of esters is 1. The molecule has 0 aliphatic rings. The molecule has 0 atom stereocenters. The molecule has 0 unspecified atom stereocenters. The molecule has 2 heterocycles. The van der Waals surface area contributed by atoms with Crippen LogP contribution in [-0.4, -0.2) is 54.5 Å². The van der Waals surface area contributed by atoms with E-state index in [2.05, 4.69) is 25.3 Å². The molecule has 4 aromatic carbocycles.